The summed E-state index contributed by atoms with van der Waals surface area (Å²) in [4.78, 5) is 37.2. The van der Waals surface area contributed by atoms with Crippen LogP contribution in [-0.4, -0.2) is 58.4 Å². The Hall–Kier alpha value is -3.48. The second kappa shape index (κ2) is 13.0. The molecule has 3 aromatic rings. The average Bonchev–Trinajstić information content (AvgIpc) is 3.03. The van der Waals surface area contributed by atoms with Crippen molar-refractivity contribution in [2.45, 2.75) is 89.1 Å². The molecule has 7 rings (SSSR count). The lowest BCUT2D eigenvalue weighted by atomic mass is 9.85. The van der Waals surface area contributed by atoms with E-state index in [0.717, 1.165) is 18.9 Å². The van der Waals surface area contributed by atoms with Crippen LogP contribution >= 0.6 is 0 Å². The number of amides is 1. The van der Waals surface area contributed by atoms with Gasteiger partial charge in [0.15, 0.2) is 0 Å². The van der Waals surface area contributed by atoms with Crippen LogP contribution in [0, 0.1) is 11.7 Å². The van der Waals surface area contributed by atoms with Crippen molar-refractivity contribution in [1.29, 1.82) is 0 Å². The number of nitrogens with zero attached hydrogens (tertiary/aromatic N) is 4. The maximum Gasteiger partial charge on any atom is 0.278 e. The summed E-state index contributed by atoms with van der Waals surface area (Å²) in [5.41, 5.74) is 0.0219. The Bertz CT molecular complexity index is 1780. The third kappa shape index (κ3) is 6.39. The van der Waals surface area contributed by atoms with Gasteiger partial charge in [-0.1, -0.05) is 31.0 Å². The number of hydrogen-bond acceptors (Lipinski definition) is 7. The van der Waals surface area contributed by atoms with Crippen LogP contribution in [0.2, 0.25) is 0 Å². The standard InChI is InChI=1S/C33H40F3N5O4S/c1-21-24-7-6-8-27(29(24)34)33(35,36)23-10-15-40(16-11-23)28(42)9-4-2-3-5-14-41-31-26(30(39-21)37-20-38-31)19-25(32(41)43)22-12-17-46(44,45)18-13-22/h6-8,19-23H,2-5,9-18H2,1H3,(H,37,38,39)/t21-/m1/s1. The number of carbonyl (C=O) groups excluding carboxylic acids is 1. The van der Waals surface area contributed by atoms with Gasteiger partial charge in [0, 0.05) is 43.1 Å². The van der Waals surface area contributed by atoms with Crippen molar-refractivity contribution in [1.82, 2.24) is 19.4 Å². The van der Waals surface area contributed by atoms with E-state index in [1.54, 1.807) is 22.5 Å². The number of piperidine rings is 1. The second-order valence-electron chi connectivity index (χ2n) is 13.0. The fourth-order valence-electron chi connectivity index (χ4n) is 7.21. The maximum absolute atomic E-state index is 16.0. The zero-order chi connectivity index (χ0) is 32.6. The summed E-state index contributed by atoms with van der Waals surface area (Å²) in [6, 6.07) is 4.97. The third-order valence-corrected chi connectivity index (χ3v) is 11.7. The first-order valence-electron chi connectivity index (χ1n) is 16.3. The second-order valence-corrected chi connectivity index (χ2v) is 15.3. The van der Waals surface area contributed by atoms with E-state index in [9.17, 15) is 18.0 Å². The molecule has 46 heavy (non-hydrogen) atoms. The van der Waals surface area contributed by atoms with Gasteiger partial charge >= 0.3 is 0 Å². The van der Waals surface area contributed by atoms with Crippen LogP contribution in [0.4, 0.5) is 19.0 Å². The summed E-state index contributed by atoms with van der Waals surface area (Å²) in [5, 5.41) is 3.71. The van der Waals surface area contributed by atoms with Crippen molar-refractivity contribution in [3.05, 3.63) is 63.5 Å². The van der Waals surface area contributed by atoms with Gasteiger partial charge in [-0.05, 0) is 57.4 Å². The highest BCUT2D eigenvalue weighted by molar-refractivity contribution is 7.91. The highest BCUT2D eigenvalue weighted by Crippen LogP contribution is 2.44. The molecule has 1 amide bonds. The molecule has 0 radical (unpaired) electrons. The molecule has 0 unspecified atom stereocenters. The molecule has 13 heteroatoms. The minimum Gasteiger partial charge on any atom is -0.363 e. The first kappa shape index (κ1) is 32.5. The number of alkyl halides is 2. The topological polar surface area (TPSA) is 114 Å². The van der Waals surface area contributed by atoms with Gasteiger partial charge in [0.25, 0.3) is 11.5 Å². The van der Waals surface area contributed by atoms with Crippen molar-refractivity contribution in [2.75, 3.05) is 29.9 Å². The Kier molecular flexibility index (Phi) is 9.15. The Morgan fingerprint density at radius 3 is 2.39 bits per heavy atom. The lowest BCUT2D eigenvalue weighted by Gasteiger charge is -2.36. The number of nitrogens with one attached hydrogen (secondary N) is 1. The van der Waals surface area contributed by atoms with E-state index < -0.39 is 39.1 Å². The molecule has 248 valence electrons. The van der Waals surface area contributed by atoms with Gasteiger partial charge in [0.1, 0.15) is 33.4 Å². The molecule has 1 aromatic carbocycles. The minimum absolute atomic E-state index is 0.000167. The molecule has 2 aromatic heterocycles. The van der Waals surface area contributed by atoms with Gasteiger partial charge in [0.2, 0.25) is 5.91 Å². The average molecular weight is 660 g/mol. The Labute approximate surface area is 266 Å². The lowest BCUT2D eigenvalue weighted by Crippen LogP contribution is -2.42. The van der Waals surface area contributed by atoms with E-state index in [1.807, 2.05) is 0 Å². The number of hydrogen-bond donors (Lipinski definition) is 1. The summed E-state index contributed by atoms with van der Waals surface area (Å²) < 4.78 is 73.6. The van der Waals surface area contributed by atoms with Gasteiger partial charge in [0.05, 0.1) is 28.5 Å². The summed E-state index contributed by atoms with van der Waals surface area (Å²) in [6.07, 6.45) is 5.31. The fraction of sp³-hybridized carbons (Fsp3) is 0.576. The van der Waals surface area contributed by atoms with Crippen molar-refractivity contribution >= 4 is 32.6 Å². The number of aryl methyl sites for hydroxylation is 1. The van der Waals surface area contributed by atoms with Gasteiger partial charge < -0.3 is 10.2 Å². The molecule has 8 bridgehead atoms. The van der Waals surface area contributed by atoms with E-state index >= 15 is 13.2 Å². The quantitative estimate of drug-likeness (QED) is 0.357. The predicted molar refractivity (Wildman–Crippen MR) is 169 cm³/mol. The highest BCUT2D eigenvalue weighted by Gasteiger charge is 2.45. The highest BCUT2D eigenvalue weighted by atomic mass is 32.2. The van der Waals surface area contributed by atoms with Crippen LogP contribution in [0.3, 0.4) is 0 Å². The number of benzene rings is 1. The normalized spacial score (nSPS) is 23.3. The van der Waals surface area contributed by atoms with E-state index in [4.69, 9.17) is 0 Å². The van der Waals surface area contributed by atoms with Crippen LogP contribution in [0.5, 0.6) is 0 Å². The van der Waals surface area contributed by atoms with Crippen LogP contribution in [0.15, 0.2) is 35.4 Å². The molecular weight excluding hydrogens is 619 g/mol. The molecule has 1 N–H and O–H groups in total. The number of sulfone groups is 1. The molecule has 9 nitrogen and oxygen atoms in total. The molecular formula is C33H40F3N5O4S. The number of carbonyl (C=O) groups is 1. The number of pyridine rings is 1. The van der Waals surface area contributed by atoms with Gasteiger partial charge in [-0.15, -0.1) is 0 Å². The van der Waals surface area contributed by atoms with Crippen molar-refractivity contribution < 1.29 is 26.4 Å². The van der Waals surface area contributed by atoms with E-state index in [2.05, 4.69) is 15.3 Å². The fourth-order valence-corrected chi connectivity index (χ4v) is 8.70. The van der Waals surface area contributed by atoms with Gasteiger partial charge in [-0.2, -0.15) is 0 Å². The van der Waals surface area contributed by atoms with Crippen LogP contribution in [0.25, 0.3) is 11.0 Å². The molecule has 0 aliphatic carbocycles. The summed E-state index contributed by atoms with van der Waals surface area (Å²) in [6.45, 7) is 2.47. The molecule has 6 heterocycles. The lowest BCUT2D eigenvalue weighted by molar-refractivity contribution is -0.137. The number of aromatic nitrogens is 3. The summed E-state index contributed by atoms with van der Waals surface area (Å²) in [5.74, 6) is -5.50. The van der Waals surface area contributed by atoms with Gasteiger partial charge in [-0.25, -0.2) is 31.6 Å². The number of fused-ring (bicyclic) bond motifs is 9. The Balaban J connectivity index is 1.42. The monoisotopic (exact) mass is 659 g/mol. The maximum atomic E-state index is 16.0. The molecule has 2 saturated heterocycles. The number of anilines is 1. The van der Waals surface area contributed by atoms with Crippen molar-refractivity contribution in [3.8, 4) is 0 Å². The van der Waals surface area contributed by atoms with E-state index in [-0.39, 0.29) is 60.4 Å². The van der Waals surface area contributed by atoms with Crippen LogP contribution in [0.1, 0.15) is 93.4 Å². The first-order chi connectivity index (χ1) is 22.0. The summed E-state index contributed by atoms with van der Waals surface area (Å²) >= 11 is 0. The molecule has 1 atom stereocenters. The Morgan fingerprint density at radius 2 is 1.65 bits per heavy atom. The smallest absolute Gasteiger partial charge is 0.278 e. The number of rotatable bonds is 1. The predicted octanol–water partition coefficient (Wildman–Crippen LogP) is 5.69. The van der Waals surface area contributed by atoms with Crippen molar-refractivity contribution in [2.24, 2.45) is 5.92 Å². The molecule has 4 aliphatic rings. The Morgan fingerprint density at radius 1 is 0.935 bits per heavy atom. The van der Waals surface area contributed by atoms with Crippen LogP contribution < -0.4 is 10.9 Å². The minimum atomic E-state index is -3.42. The molecule has 0 saturated carbocycles. The van der Waals surface area contributed by atoms with Crippen LogP contribution in [-0.2, 0) is 27.1 Å². The zero-order valence-corrected chi connectivity index (χ0v) is 26.8. The van der Waals surface area contributed by atoms with Crippen molar-refractivity contribution in [3.63, 3.8) is 0 Å². The number of halogens is 3. The SMILES string of the molecule is C[C@H]1Nc2ncnc3c2cc(C2CCS(=O)(=O)CC2)c(=O)n3CCCCCCC(=O)N2CCC(CC2)C(F)(F)c2cccc1c2F. The van der Waals surface area contributed by atoms with E-state index in [0.29, 0.717) is 61.1 Å². The van der Waals surface area contributed by atoms with E-state index in [1.165, 1.54) is 18.5 Å². The van der Waals surface area contributed by atoms with Gasteiger partial charge in [-0.3, -0.25) is 14.2 Å². The largest absolute Gasteiger partial charge is 0.363 e. The molecule has 2 fully saturated rings. The molecule has 4 aliphatic heterocycles. The zero-order valence-electron chi connectivity index (χ0n) is 26.0. The molecule has 0 spiro atoms. The first-order valence-corrected chi connectivity index (χ1v) is 18.1. The summed E-state index contributed by atoms with van der Waals surface area (Å²) in [7, 11) is -3.16. The third-order valence-electron chi connectivity index (χ3n) is 10.00.